The van der Waals surface area contributed by atoms with E-state index < -0.39 is 5.82 Å². The zero-order valence-electron chi connectivity index (χ0n) is 11.4. The molecule has 0 aliphatic heterocycles. The van der Waals surface area contributed by atoms with Crippen LogP contribution in [0.5, 0.6) is 5.75 Å². The SMILES string of the molecule is CCc1nn(C)c(COc2ccc(CO)cc2F)c1Br. The van der Waals surface area contributed by atoms with E-state index >= 15 is 0 Å². The smallest absolute Gasteiger partial charge is 0.165 e. The molecule has 0 atom stereocenters. The van der Waals surface area contributed by atoms with Crippen molar-refractivity contribution >= 4 is 15.9 Å². The van der Waals surface area contributed by atoms with Crippen LogP contribution in [0.15, 0.2) is 22.7 Å². The molecule has 4 nitrogen and oxygen atoms in total. The van der Waals surface area contributed by atoms with Crippen LogP contribution < -0.4 is 4.74 Å². The number of aryl methyl sites for hydroxylation is 2. The quantitative estimate of drug-likeness (QED) is 0.908. The highest BCUT2D eigenvalue weighted by atomic mass is 79.9. The minimum absolute atomic E-state index is 0.161. The number of halogens is 2. The minimum Gasteiger partial charge on any atom is -0.484 e. The Morgan fingerprint density at radius 2 is 2.20 bits per heavy atom. The summed E-state index contributed by atoms with van der Waals surface area (Å²) in [6, 6.07) is 4.42. The number of aliphatic hydroxyl groups excluding tert-OH is 1. The molecule has 0 spiro atoms. The minimum atomic E-state index is -0.481. The van der Waals surface area contributed by atoms with Gasteiger partial charge in [0.2, 0.25) is 0 Å². The van der Waals surface area contributed by atoms with Crippen molar-refractivity contribution in [1.29, 1.82) is 0 Å². The van der Waals surface area contributed by atoms with Crippen molar-refractivity contribution in [2.24, 2.45) is 7.05 Å². The number of hydrogen-bond acceptors (Lipinski definition) is 3. The first-order chi connectivity index (χ1) is 9.56. The number of nitrogens with zero attached hydrogens (tertiary/aromatic N) is 2. The van der Waals surface area contributed by atoms with Crippen molar-refractivity contribution in [2.75, 3.05) is 0 Å². The van der Waals surface area contributed by atoms with Gasteiger partial charge in [-0.05, 0) is 40.0 Å². The van der Waals surface area contributed by atoms with Gasteiger partial charge in [0.1, 0.15) is 6.61 Å². The van der Waals surface area contributed by atoms with Gasteiger partial charge in [-0.3, -0.25) is 4.68 Å². The van der Waals surface area contributed by atoms with Gasteiger partial charge in [-0.1, -0.05) is 13.0 Å². The number of rotatable bonds is 5. The van der Waals surface area contributed by atoms with Crippen LogP contribution in [0.2, 0.25) is 0 Å². The average Bonchev–Trinajstić information content (AvgIpc) is 2.72. The van der Waals surface area contributed by atoms with Gasteiger partial charge in [-0.2, -0.15) is 5.10 Å². The summed E-state index contributed by atoms with van der Waals surface area (Å²) in [5, 5.41) is 13.3. The fourth-order valence-electron chi connectivity index (χ4n) is 1.88. The van der Waals surface area contributed by atoms with Crippen molar-refractivity contribution in [3.05, 3.63) is 45.4 Å². The molecule has 0 aliphatic carbocycles. The number of ether oxygens (including phenoxy) is 1. The summed E-state index contributed by atoms with van der Waals surface area (Å²) >= 11 is 3.49. The molecule has 1 aromatic carbocycles. The second-order valence-corrected chi connectivity index (χ2v) is 5.19. The van der Waals surface area contributed by atoms with E-state index in [-0.39, 0.29) is 19.0 Å². The van der Waals surface area contributed by atoms with Crippen LogP contribution >= 0.6 is 15.9 Å². The fraction of sp³-hybridized carbons (Fsp3) is 0.357. The molecule has 0 bridgehead atoms. The first-order valence-electron chi connectivity index (χ1n) is 6.29. The fourth-order valence-corrected chi connectivity index (χ4v) is 2.61. The average molecular weight is 343 g/mol. The third kappa shape index (κ3) is 3.02. The summed E-state index contributed by atoms with van der Waals surface area (Å²) in [5.74, 6) is -0.320. The lowest BCUT2D eigenvalue weighted by molar-refractivity contribution is 0.272. The maximum absolute atomic E-state index is 13.7. The monoisotopic (exact) mass is 342 g/mol. The third-order valence-corrected chi connectivity index (χ3v) is 3.96. The van der Waals surface area contributed by atoms with Crippen molar-refractivity contribution < 1.29 is 14.2 Å². The zero-order valence-corrected chi connectivity index (χ0v) is 12.9. The van der Waals surface area contributed by atoms with Gasteiger partial charge in [0.25, 0.3) is 0 Å². The van der Waals surface area contributed by atoms with Crippen LogP contribution in [0.4, 0.5) is 4.39 Å². The van der Waals surface area contributed by atoms with E-state index in [1.807, 2.05) is 14.0 Å². The molecule has 2 rings (SSSR count). The van der Waals surface area contributed by atoms with Crippen LogP contribution in [0.25, 0.3) is 0 Å². The van der Waals surface area contributed by atoms with Crippen molar-refractivity contribution in [1.82, 2.24) is 9.78 Å². The highest BCUT2D eigenvalue weighted by Crippen LogP contribution is 2.24. The molecule has 108 valence electrons. The summed E-state index contributed by atoms with van der Waals surface area (Å²) in [6.45, 7) is 2.05. The summed E-state index contributed by atoms with van der Waals surface area (Å²) in [7, 11) is 1.83. The number of aliphatic hydroxyl groups is 1. The first kappa shape index (κ1) is 15.0. The Hall–Kier alpha value is -1.40. The van der Waals surface area contributed by atoms with Crippen LogP contribution in [-0.4, -0.2) is 14.9 Å². The van der Waals surface area contributed by atoms with Crippen molar-refractivity contribution in [3.8, 4) is 5.75 Å². The zero-order chi connectivity index (χ0) is 14.7. The lowest BCUT2D eigenvalue weighted by atomic mass is 10.2. The van der Waals surface area contributed by atoms with E-state index in [1.54, 1.807) is 10.7 Å². The lowest BCUT2D eigenvalue weighted by Gasteiger charge is -2.09. The van der Waals surface area contributed by atoms with Gasteiger partial charge < -0.3 is 9.84 Å². The van der Waals surface area contributed by atoms with Gasteiger partial charge >= 0.3 is 0 Å². The second kappa shape index (κ2) is 6.37. The van der Waals surface area contributed by atoms with Crippen LogP contribution in [0.1, 0.15) is 23.9 Å². The molecule has 0 radical (unpaired) electrons. The Balaban J connectivity index is 2.15. The van der Waals surface area contributed by atoms with Crippen LogP contribution in [-0.2, 0) is 26.7 Å². The van der Waals surface area contributed by atoms with Crippen LogP contribution in [0, 0.1) is 5.82 Å². The summed E-state index contributed by atoms with van der Waals surface area (Å²) < 4.78 is 21.9. The van der Waals surface area contributed by atoms with Gasteiger partial charge in [0.15, 0.2) is 11.6 Å². The second-order valence-electron chi connectivity index (χ2n) is 4.40. The third-order valence-electron chi connectivity index (χ3n) is 3.05. The maximum atomic E-state index is 13.7. The molecule has 0 fully saturated rings. The van der Waals surface area contributed by atoms with E-state index in [1.165, 1.54) is 12.1 Å². The summed E-state index contributed by atoms with van der Waals surface area (Å²) in [5.41, 5.74) is 2.32. The standard InChI is InChI=1S/C14H16BrFN2O2/c1-3-11-14(15)12(18(2)17-11)8-20-13-5-4-9(7-19)6-10(13)16/h4-6,19H,3,7-8H2,1-2H3. The van der Waals surface area contributed by atoms with Gasteiger partial charge in [-0.25, -0.2) is 4.39 Å². The molecule has 2 aromatic rings. The molecule has 0 aliphatic rings. The molecule has 6 heteroatoms. The first-order valence-corrected chi connectivity index (χ1v) is 7.08. The van der Waals surface area contributed by atoms with Crippen molar-refractivity contribution in [2.45, 2.75) is 26.6 Å². The highest BCUT2D eigenvalue weighted by molar-refractivity contribution is 9.10. The molecular formula is C14H16BrFN2O2. The van der Waals surface area contributed by atoms with Crippen molar-refractivity contribution in [3.63, 3.8) is 0 Å². The molecule has 0 saturated carbocycles. The summed E-state index contributed by atoms with van der Waals surface area (Å²) in [4.78, 5) is 0. The number of aromatic nitrogens is 2. The Labute approximate surface area is 125 Å². The molecule has 0 amide bonds. The predicted molar refractivity (Wildman–Crippen MR) is 76.9 cm³/mol. The Kier molecular flexibility index (Phi) is 4.77. The Bertz CT molecular complexity index is 613. The molecule has 0 unspecified atom stereocenters. The van der Waals surface area contributed by atoms with E-state index in [4.69, 9.17) is 9.84 Å². The van der Waals surface area contributed by atoms with Crippen LogP contribution in [0.3, 0.4) is 0 Å². The van der Waals surface area contributed by atoms with E-state index in [9.17, 15) is 4.39 Å². The number of hydrogen-bond donors (Lipinski definition) is 1. The van der Waals surface area contributed by atoms with Gasteiger partial charge in [0, 0.05) is 7.05 Å². The largest absolute Gasteiger partial charge is 0.484 e. The van der Waals surface area contributed by atoms with Gasteiger partial charge in [-0.15, -0.1) is 0 Å². The maximum Gasteiger partial charge on any atom is 0.165 e. The van der Waals surface area contributed by atoms with E-state index in [2.05, 4.69) is 21.0 Å². The summed E-state index contributed by atoms with van der Waals surface area (Å²) in [6.07, 6.45) is 0.813. The normalized spacial score (nSPS) is 10.8. The lowest BCUT2D eigenvalue weighted by Crippen LogP contribution is -2.04. The predicted octanol–water partition coefficient (Wildman–Crippen LogP) is 2.96. The molecule has 20 heavy (non-hydrogen) atoms. The Morgan fingerprint density at radius 1 is 1.45 bits per heavy atom. The van der Waals surface area contributed by atoms with E-state index in [0.717, 1.165) is 22.3 Å². The molecule has 1 aromatic heterocycles. The molecule has 0 saturated heterocycles. The Morgan fingerprint density at radius 3 is 2.75 bits per heavy atom. The molecular weight excluding hydrogens is 327 g/mol. The highest BCUT2D eigenvalue weighted by Gasteiger charge is 2.14. The van der Waals surface area contributed by atoms with E-state index in [0.29, 0.717) is 5.56 Å². The molecule has 1 N–H and O–H groups in total. The number of benzene rings is 1. The molecule has 1 heterocycles. The topological polar surface area (TPSA) is 47.3 Å². The van der Waals surface area contributed by atoms with Gasteiger partial charge in [0.05, 0.1) is 22.5 Å².